The van der Waals surface area contributed by atoms with E-state index in [2.05, 4.69) is 5.32 Å². The molecular formula is C29H35N3O5S. The number of methoxy groups -OCH3 is 1. The molecule has 0 saturated heterocycles. The number of amides is 2. The van der Waals surface area contributed by atoms with E-state index in [9.17, 15) is 18.0 Å². The molecule has 0 aliphatic heterocycles. The molecule has 0 aromatic heterocycles. The summed E-state index contributed by atoms with van der Waals surface area (Å²) in [7, 11) is -2.54. The van der Waals surface area contributed by atoms with Crippen LogP contribution in [0.2, 0.25) is 0 Å². The third kappa shape index (κ3) is 6.52. The molecule has 3 aromatic carbocycles. The fraction of sp³-hybridized carbons (Fsp3) is 0.310. The normalized spacial score (nSPS) is 11.9. The van der Waals surface area contributed by atoms with Gasteiger partial charge in [0.15, 0.2) is 0 Å². The molecule has 3 rings (SSSR count). The van der Waals surface area contributed by atoms with Crippen molar-refractivity contribution in [1.82, 2.24) is 10.2 Å². The van der Waals surface area contributed by atoms with Gasteiger partial charge in [-0.15, -0.1) is 0 Å². The van der Waals surface area contributed by atoms with Gasteiger partial charge >= 0.3 is 0 Å². The van der Waals surface area contributed by atoms with Crippen molar-refractivity contribution >= 4 is 27.5 Å². The maximum absolute atomic E-state index is 13.9. The number of nitrogens with zero attached hydrogens (tertiary/aromatic N) is 2. The molecule has 0 fully saturated rings. The van der Waals surface area contributed by atoms with Gasteiger partial charge in [0.1, 0.15) is 18.3 Å². The summed E-state index contributed by atoms with van der Waals surface area (Å²) in [5, 5.41) is 2.76. The van der Waals surface area contributed by atoms with Crippen molar-refractivity contribution in [2.75, 3.05) is 24.5 Å². The van der Waals surface area contributed by atoms with Gasteiger partial charge in [-0.1, -0.05) is 42.5 Å². The Balaban J connectivity index is 2.07. The number of benzene rings is 3. The fourth-order valence-corrected chi connectivity index (χ4v) is 5.60. The Bertz CT molecular complexity index is 1380. The highest BCUT2D eigenvalue weighted by molar-refractivity contribution is 7.92. The molecule has 0 radical (unpaired) electrons. The summed E-state index contributed by atoms with van der Waals surface area (Å²) >= 11 is 0. The highest BCUT2D eigenvalue weighted by Gasteiger charge is 2.33. The van der Waals surface area contributed by atoms with Gasteiger partial charge in [-0.3, -0.25) is 13.9 Å². The molecule has 1 atom stereocenters. The highest BCUT2D eigenvalue weighted by atomic mass is 32.2. The Morgan fingerprint density at radius 1 is 0.974 bits per heavy atom. The van der Waals surface area contributed by atoms with Gasteiger partial charge in [-0.2, -0.15) is 0 Å². The summed E-state index contributed by atoms with van der Waals surface area (Å²) in [6, 6.07) is 19.7. The smallest absolute Gasteiger partial charge is 0.264 e. The molecule has 202 valence electrons. The van der Waals surface area contributed by atoms with E-state index in [1.807, 2.05) is 26.0 Å². The van der Waals surface area contributed by atoms with Gasteiger partial charge in [-0.05, 0) is 74.7 Å². The molecule has 0 bridgehead atoms. The molecule has 1 N–H and O–H groups in total. The standard InChI is InChI=1S/C29H35N3O5S/c1-6-30-29(34)23(4)31(19-24-13-11-14-25(18-24)37-5)28(33)20-32(27-17-10-12-21(2)22(27)3)38(35,36)26-15-8-7-9-16-26/h7-18,23H,6,19-20H2,1-5H3,(H,30,34). The van der Waals surface area contributed by atoms with Gasteiger partial charge in [0.05, 0.1) is 17.7 Å². The number of likely N-dealkylation sites (N-methyl/N-ethyl adjacent to an activating group) is 1. The SMILES string of the molecule is CCNC(=O)C(C)N(Cc1cccc(OC)c1)C(=O)CN(c1cccc(C)c1C)S(=O)(=O)c1ccccc1. The monoisotopic (exact) mass is 537 g/mol. The van der Waals surface area contributed by atoms with Crippen LogP contribution in [0, 0.1) is 13.8 Å². The minimum Gasteiger partial charge on any atom is -0.497 e. The van der Waals surface area contributed by atoms with Crippen LogP contribution in [-0.2, 0) is 26.2 Å². The van der Waals surface area contributed by atoms with E-state index in [1.54, 1.807) is 69.5 Å². The first kappa shape index (κ1) is 28.7. The maximum atomic E-state index is 13.9. The number of anilines is 1. The second-order valence-electron chi connectivity index (χ2n) is 8.99. The molecule has 3 aromatic rings. The minimum absolute atomic E-state index is 0.0739. The zero-order valence-corrected chi connectivity index (χ0v) is 23.3. The fourth-order valence-electron chi connectivity index (χ4n) is 4.11. The molecule has 0 saturated carbocycles. The van der Waals surface area contributed by atoms with E-state index >= 15 is 0 Å². The Hall–Kier alpha value is -3.85. The Morgan fingerprint density at radius 2 is 1.66 bits per heavy atom. The van der Waals surface area contributed by atoms with Crippen LogP contribution in [0.4, 0.5) is 5.69 Å². The minimum atomic E-state index is -4.10. The van der Waals surface area contributed by atoms with Gasteiger partial charge in [0.25, 0.3) is 10.0 Å². The van der Waals surface area contributed by atoms with E-state index < -0.39 is 28.5 Å². The van der Waals surface area contributed by atoms with E-state index in [0.717, 1.165) is 21.0 Å². The second kappa shape index (κ2) is 12.6. The number of nitrogens with one attached hydrogen (secondary N) is 1. The summed E-state index contributed by atoms with van der Waals surface area (Å²) < 4.78 is 34.2. The molecule has 8 nitrogen and oxygen atoms in total. The van der Waals surface area contributed by atoms with E-state index in [0.29, 0.717) is 18.0 Å². The summed E-state index contributed by atoms with van der Waals surface area (Å²) in [6.07, 6.45) is 0. The van der Waals surface area contributed by atoms with Crippen molar-refractivity contribution in [2.45, 2.75) is 45.2 Å². The summed E-state index contributed by atoms with van der Waals surface area (Å²) in [5.74, 6) is -0.218. The lowest BCUT2D eigenvalue weighted by atomic mass is 10.1. The van der Waals surface area contributed by atoms with Crippen molar-refractivity contribution in [3.63, 3.8) is 0 Å². The van der Waals surface area contributed by atoms with Crippen molar-refractivity contribution in [3.8, 4) is 5.75 Å². The predicted molar refractivity (Wildman–Crippen MR) is 149 cm³/mol. The highest BCUT2D eigenvalue weighted by Crippen LogP contribution is 2.29. The number of carbonyl (C=O) groups is 2. The first-order chi connectivity index (χ1) is 18.1. The summed E-state index contributed by atoms with van der Waals surface area (Å²) in [4.78, 5) is 28.2. The molecule has 0 aliphatic carbocycles. The van der Waals surface area contributed by atoms with Crippen LogP contribution in [0.25, 0.3) is 0 Å². The van der Waals surface area contributed by atoms with E-state index in [4.69, 9.17) is 4.74 Å². The lowest BCUT2D eigenvalue weighted by molar-refractivity contribution is -0.139. The van der Waals surface area contributed by atoms with Crippen LogP contribution >= 0.6 is 0 Å². The number of sulfonamides is 1. The van der Waals surface area contributed by atoms with Crippen LogP contribution in [0.1, 0.15) is 30.5 Å². The van der Waals surface area contributed by atoms with E-state index in [-0.39, 0.29) is 17.3 Å². The first-order valence-corrected chi connectivity index (χ1v) is 13.9. The lowest BCUT2D eigenvalue weighted by Crippen LogP contribution is -2.51. The van der Waals surface area contributed by atoms with Crippen molar-refractivity contribution < 1.29 is 22.7 Å². The predicted octanol–water partition coefficient (Wildman–Crippen LogP) is 4.06. The van der Waals surface area contributed by atoms with Crippen molar-refractivity contribution in [2.24, 2.45) is 0 Å². The topological polar surface area (TPSA) is 96.0 Å². The molecule has 1 unspecified atom stereocenters. The Labute approximate surface area is 225 Å². The quantitative estimate of drug-likeness (QED) is 0.398. The number of carbonyl (C=O) groups excluding carboxylic acids is 2. The molecule has 0 spiro atoms. The largest absolute Gasteiger partial charge is 0.497 e. The number of hydrogen-bond donors (Lipinski definition) is 1. The van der Waals surface area contributed by atoms with Gasteiger partial charge < -0.3 is 15.0 Å². The van der Waals surface area contributed by atoms with E-state index in [1.165, 1.54) is 17.0 Å². The molecule has 2 amide bonds. The van der Waals surface area contributed by atoms with Crippen LogP contribution in [-0.4, -0.2) is 51.4 Å². The number of ether oxygens (including phenoxy) is 1. The third-order valence-electron chi connectivity index (χ3n) is 6.46. The molecule has 0 heterocycles. The van der Waals surface area contributed by atoms with Crippen molar-refractivity contribution in [3.05, 3.63) is 89.5 Å². The van der Waals surface area contributed by atoms with Gasteiger partial charge in [0, 0.05) is 13.1 Å². The lowest BCUT2D eigenvalue weighted by Gasteiger charge is -2.32. The maximum Gasteiger partial charge on any atom is 0.264 e. The molecule has 0 aliphatic rings. The van der Waals surface area contributed by atoms with Gasteiger partial charge in [0.2, 0.25) is 11.8 Å². The zero-order valence-electron chi connectivity index (χ0n) is 22.5. The molecule has 38 heavy (non-hydrogen) atoms. The molecular weight excluding hydrogens is 502 g/mol. The number of aryl methyl sites for hydroxylation is 1. The third-order valence-corrected chi connectivity index (χ3v) is 8.23. The summed E-state index contributed by atoms with van der Waals surface area (Å²) in [5.41, 5.74) is 2.80. The van der Waals surface area contributed by atoms with Crippen LogP contribution < -0.4 is 14.4 Å². The van der Waals surface area contributed by atoms with Crippen LogP contribution in [0.5, 0.6) is 5.75 Å². The zero-order chi connectivity index (χ0) is 27.9. The van der Waals surface area contributed by atoms with Crippen LogP contribution in [0.15, 0.2) is 77.7 Å². The summed E-state index contributed by atoms with van der Waals surface area (Å²) in [6.45, 7) is 7.18. The van der Waals surface area contributed by atoms with Crippen molar-refractivity contribution in [1.29, 1.82) is 0 Å². The number of rotatable bonds is 11. The average molecular weight is 538 g/mol. The Kier molecular flexibility index (Phi) is 9.52. The number of hydrogen-bond acceptors (Lipinski definition) is 5. The van der Waals surface area contributed by atoms with Gasteiger partial charge in [-0.25, -0.2) is 8.42 Å². The molecule has 9 heteroatoms. The Morgan fingerprint density at radius 3 is 2.32 bits per heavy atom. The first-order valence-electron chi connectivity index (χ1n) is 12.4. The second-order valence-corrected chi connectivity index (χ2v) is 10.8. The average Bonchev–Trinajstić information content (AvgIpc) is 2.92. The van der Waals surface area contributed by atoms with Crippen LogP contribution in [0.3, 0.4) is 0 Å².